The Kier molecular flexibility index (Phi) is 7.19. The van der Waals surface area contributed by atoms with Crippen LogP contribution in [0.5, 0.6) is 0 Å². The van der Waals surface area contributed by atoms with Crippen molar-refractivity contribution in [2.75, 3.05) is 50.1 Å². The van der Waals surface area contributed by atoms with E-state index < -0.39 is 4.92 Å². The number of nitrogens with zero attached hydrogens (tertiary/aromatic N) is 4. The minimum atomic E-state index is -0.499. The molecule has 2 aromatic rings. The van der Waals surface area contributed by atoms with Crippen LogP contribution in [0.4, 0.5) is 17.1 Å². The summed E-state index contributed by atoms with van der Waals surface area (Å²) >= 11 is 0. The first-order chi connectivity index (χ1) is 15.0. The fourth-order valence-electron chi connectivity index (χ4n) is 3.33. The fourth-order valence-corrected chi connectivity index (χ4v) is 3.33. The minimum Gasteiger partial charge on any atom is -0.378 e. The van der Waals surface area contributed by atoms with Crippen molar-refractivity contribution in [3.63, 3.8) is 0 Å². The molecule has 1 aliphatic rings. The van der Waals surface area contributed by atoms with Gasteiger partial charge in [0, 0.05) is 55.3 Å². The first kappa shape index (κ1) is 21.8. The molecule has 0 bridgehead atoms. The second-order valence-electron chi connectivity index (χ2n) is 7.02. The number of rotatable bonds is 7. The van der Waals surface area contributed by atoms with Crippen LogP contribution in [0, 0.1) is 21.4 Å². The van der Waals surface area contributed by atoms with E-state index in [0.717, 1.165) is 18.8 Å². The van der Waals surface area contributed by atoms with Crippen LogP contribution in [-0.2, 0) is 9.53 Å². The molecule has 0 aromatic heterocycles. The van der Waals surface area contributed by atoms with Gasteiger partial charge < -0.3 is 19.9 Å². The van der Waals surface area contributed by atoms with Gasteiger partial charge in [-0.1, -0.05) is 12.1 Å². The van der Waals surface area contributed by atoms with E-state index in [1.54, 1.807) is 24.1 Å². The number of morpholine rings is 1. The standard InChI is InChI=1S/C22H23N5O4/c1-25(21(9-10-23)17-3-2-4-20(15-17)27(29)30)16-22(28)24-18-5-7-19(8-6-18)26-11-13-31-14-12-26/h2-9,15H,11-14,16H2,1H3,(H,24,28)/b21-9+. The monoisotopic (exact) mass is 421 g/mol. The number of nitrogens with one attached hydrogen (secondary N) is 1. The van der Waals surface area contributed by atoms with Gasteiger partial charge in [0.15, 0.2) is 0 Å². The highest BCUT2D eigenvalue weighted by atomic mass is 16.6. The maximum absolute atomic E-state index is 12.5. The van der Waals surface area contributed by atoms with Crippen LogP contribution >= 0.6 is 0 Å². The second kappa shape index (κ2) is 10.2. The number of carbonyl (C=O) groups excluding carboxylic acids is 1. The summed E-state index contributed by atoms with van der Waals surface area (Å²) in [5.41, 5.74) is 2.56. The number of likely N-dealkylation sites (N-methyl/N-ethyl adjacent to an activating group) is 1. The average Bonchev–Trinajstić information content (AvgIpc) is 2.78. The van der Waals surface area contributed by atoms with E-state index in [9.17, 15) is 14.9 Å². The van der Waals surface area contributed by atoms with Crippen molar-refractivity contribution in [2.24, 2.45) is 0 Å². The summed E-state index contributed by atoms with van der Waals surface area (Å²) in [6.07, 6.45) is 1.27. The zero-order valence-electron chi connectivity index (χ0n) is 17.2. The lowest BCUT2D eigenvalue weighted by Gasteiger charge is -2.29. The number of hydrogen-bond acceptors (Lipinski definition) is 7. The topological polar surface area (TPSA) is 112 Å². The third-order valence-corrected chi connectivity index (χ3v) is 4.87. The molecule has 0 saturated carbocycles. The Hall–Kier alpha value is -3.90. The first-order valence-corrected chi connectivity index (χ1v) is 9.76. The van der Waals surface area contributed by atoms with E-state index in [2.05, 4.69) is 10.2 Å². The Labute approximate surface area is 180 Å². The number of amides is 1. The molecule has 1 N–H and O–H groups in total. The van der Waals surface area contributed by atoms with Gasteiger partial charge in [-0.05, 0) is 24.3 Å². The van der Waals surface area contributed by atoms with Crippen LogP contribution in [0.15, 0.2) is 54.6 Å². The number of benzene rings is 2. The first-order valence-electron chi connectivity index (χ1n) is 9.76. The molecule has 9 heteroatoms. The quantitative estimate of drug-likeness (QED) is 0.416. The molecule has 31 heavy (non-hydrogen) atoms. The number of anilines is 2. The Balaban J connectivity index is 1.64. The van der Waals surface area contributed by atoms with Gasteiger partial charge in [0.05, 0.1) is 36.4 Å². The molecule has 0 unspecified atom stereocenters. The summed E-state index contributed by atoms with van der Waals surface area (Å²) in [5, 5.41) is 23.0. The van der Waals surface area contributed by atoms with E-state index >= 15 is 0 Å². The third kappa shape index (κ3) is 5.81. The maximum Gasteiger partial charge on any atom is 0.270 e. The highest BCUT2D eigenvalue weighted by Gasteiger charge is 2.16. The van der Waals surface area contributed by atoms with Gasteiger partial charge >= 0.3 is 0 Å². The predicted octanol–water partition coefficient (Wildman–Crippen LogP) is 2.87. The summed E-state index contributed by atoms with van der Waals surface area (Å²) in [4.78, 5) is 26.9. The zero-order valence-corrected chi connectivity index (χ0v) is 17.2. The minimum absolute atomic E-state index is 0.0264. The molecule has 1 amide bonds. The number of carbonyl (C=O) groups is 1. The van der Waals surface area contributed by atoms with Crippen molar-refractivity contribution in [3.8, 4) is 6.07 Å². The van der Waals surface area contributed by atoms with Gasteiger partial charge in [-0.3, -0.25) is 14.9 Å². The van der Waals surface area contributed by atoms with E-state index in [1.165, 1.54) is 18.2 Å². The Morgan fingerprint density at radius 1 is 1.29 bits per heavy atom. The lowest BCUT2D eigenvalue weighted by atomic mass is 10.1. The van der Waals surface area contributed by atoms with E-state index in [0.29, 0.717) is 30.2 Å². The molecular weight excluding hydrogens is 398 g/mol. The average molecular weight is 421 g/mol. The van der Waals surface area contributed by atoms with Crippen LogP contribution in [0.2, 0.25) is 0 Å². The van der Waals surface area contributed by atoms with Crippen molar-refractivity contribution < 1.29 is 14.5 Å². The van der Waals surface area contributed by atoms with E-state index in [-0.39, 0.29) is 18.1 Å². The Morgan fingerprint density at radius 3 is 2.65 bits per heavy atom. The van der Waals surface area contributed by atoms with Crippen LogP contribution in [0.1, 0.15) is 5.56 Å². The summed E-state index contributed by atoms with van der Waals surface area (Å²) in [7, 11) is 1.66. The molecular formula is C22H23N5O4. The molecule has 9 nitrogen and oxygen atoms in total. The smallest absolute Gasteiger partial charge is 0.270 e. The van der Waals surface area contributed by atoms with Crippen LogP contribution in [0.25, 0.3) is 5.70 Å². The molecule has 1 aliphatic heterocycles. The van der Waals surface area contributed by atoms with Crippen molar-refractivity contribution >= 4 is 28.7 Å². The Bertz CT molecular complexity index is 1010. The van der Waals surface area contributed by atoms with Crippen LogP contribution < -0.4 is 10.2 Å². The van der Waals surface area contributed by atoms with Gasteiger partial charge in [-0.25, -0.2) is 0 Å². The molecule has 2 aromatic carbocycles. The number of non-ortho nitro benzene ring substituents is 1. The SMILES string of the molecule is CN(CC(=O)Nc1ccc(N2CCOCC2)cc1)/C(=C/C#N)c1cccc([N+](=O)[O-])c1. The number of nitriles is 1. The highest BCUT2D eigenvalue weighted by Crippen LogP contribution is 2.23. The molecule has 0 atom stereocenters. The molecule has 0 aliphatic carbocycles. The van der Waals surface area contributed by atoms with Crippen molar-refractivity contribution in [2.45, 2.75) is 0 Å². The molecule has 0 spiro atoms. The number of nitro benzene ring substituents is 1. The third-order valence-electron chi connectivity index (χ3n) is 4.87. The fraction of sp³-hybridized carbons (Fsp3) is 0.273. The van der Waals surface area contributed by atoms with Gasteiger partial charge in [-0.2, -0.15) is 5.26 Å². The largest absolute Gasteiger partial charge is 0.378 e. The number of hydrogen-bond donors (Lipinski definition) is 1. The highest BCUT2D eigenvalue weighted by molar-refractivity contribution is 5.93. The number of nitro groups is 1. The maximum atomic E-state index is 12.5. The van der Waals surface area contributed by atoms with Crippen molar-refractivity contribution in [3.05, 3.63) is 70.3 Å². The van der Waals surface area contributed by atoms with Crippen LogP contribution in [0.3, 0.4) is 0 Å². The van der Waals surface area contributed by atoms with Gasteiger partial charge in [-0.15, -0.1) is 0 Å². The summed E-state index contributed by atoms with van der Waals surface area (Å²) in [6.45, 7) is 3.05. The van der Waals surface area contributed by atoms with Crippen molar-refractivity contribution in [1.29, 1.82) is 5.26 Å². The molecule has 0 radical (unpaired) electrons. The summed E-state index contributed by atoms with van der Waals surface area (Å²) in [6, 6.07) is 15.5. The number of ether oxygens (including phenoxy) is 1. The normalized spacial score (nSPS) is 13.9. The summed E-state index contributed by atoms with van der Waals surface area (Å²) in [5.74, 6) is -0.268. The lowest BCUT2D eigenvalue weighted by Crippen LogP contribution is -2.36. The second-order valence-corrected chi connectivity index (χ2v) is 7.02. The predicted molar refractivity (Wildman–Crippen MR) is 117 cm³/mol. The number of allylic oxidation sites excluding steroid dienone is 1. The molecule has 160 valence electrons. The van der Waals surface area contributed by atoms with E-state index in [1.807, 2.05) is 30.3 Å². The Morgan fingerprint density at radius 2 is 2.00 bits per heavy atom. The molecule has 1 fully saturated rings. The van der Waals surface area contributed by atoms with Crippen LogP contribution in [-0.4, -0.2) is 55.6 Å². The lowest BCUT2D eigenvalue weighted by molar-refractivity contribution is -0.384. The van der Waals surface area contributed by atoms with Gasteiger partial charge in [0.25, 0.3) is 5.69 Å². The molecule has 1 saturated heterocycles. The van der Waals surface area contributed by atoms with E-state index in [4.69, 9.17) is 10.00 Å². The summed E-state index contributed by atoms with van der Waals surface area (Å²) < 4.78 is 5.36. The molecule has 3 rings (SSSR count). The van der Waals surface area contributed by atoms with Gasteiger partial charge in [0.2, 0.25) is 5.91 Å². The zero-order chi connectivity index (χ0) is 22.2. The van der Waals surface area contributed by atoms with Gasteiger partial charge in [0.1, 0.15) is 0 Å². The van der Waals surface area contributed by atoms with Crippen molar-refractivity contribution in [1.82, 2.24) is 4.90 Å². The molecule has 1 heterocycles.